The molecule has 2 aromatic carbocycles. The standard InChI is InChI=1S/C23H28Cl2N6O3.ClH/c1-31-11-17(16-9-14(24)10-19(25)18(16)12-31)13-4-2-5-15(8-13)29-23(34)30-20(21(32)33)6-3-7-28-22(26)27;/h2,4-5,8-10,17,20H,3,6-7,11-12H2,1H3,(H,32,33)(H4,26,27,28)(H2,29,30,34);1H/t17?,20-;/m0./s1. The third-order valence-corrected chi connectivity index (χ3v) is 6.14. The number of anilines is 1. The molecule has 1 heterocycles. The van der Waals surface area contributed by atoms with Crippen LogP contribution in [0.3, 0.4) is 0 Å². The first kappa shape index (κ1) is 28.5. The second-order valence-corrected chi connectivity index (χ2v) is 9.11. The van der Waals surface area contributed by atoms with E-state index in [9.17, 15) is 14.7 Å². The monoisotopic (exact) mass is 542 g/mol. The number of aliphatic imine (C=N–C) groups is 1. The molecule has 35 heavy (non-hydrogen) atoms. The third-order valence-electron chi connectivity index (χ3n) is 5.59. The topological polar surface area (TPSA) is 146 Å². The van der Waals surface area contributed by atoms with Crippen LogP contribution in [0.1, 0.15) is 35.4 Å². The van der Waals surface area contributed by atoms with Gasteiger partial charge in [0.15, 0.2) is 5.96 Å². The van der Waals surface area contributed by atoms with Gasteiger partial charge < -0.3 is 32.1 Å². The lowest BCUT2D eigenvalue weighted by atomic mass is 9.84. The average molecular weight is 544 g/mol. The lowest BCUT2D eigenvalue weighted by Crippen LogP contribution is -2.43. The molecule has 1 unspecified atom stereocenters. The fraction of sp³-hybridized carbons (Fsp3) is 0.348. The van der Waals surface area contributed by atoms with Crippen molar-refractivity contribution in [1.82, 2.24) is 10.2 Å². The fourth-order valence-corrected chi connectivity index (χ4v) is 4.62. The maximum absolute atomic E-state index is 12.5. The molecule has 0 aromatic heterocycles. The van der Waals surface area contributed by atoms with Crippen LogP contribution in [0.2, 0.25) is 10.0 Å². The number of rotatable bonds is 8. The molecule has 2 aromatic rings. The summed E-state index contributed by atoms with van der Waals surface area (Å²) >= 11 is 12.7. The van der Waals surface area contributed by atoms with Gasteiger partial charge in [0.25, 0.3) is 0 Å². The van der Waals surface area contributed by atoms with Gasteiger partial charge in [-0.1, -0.05) is 35.3 Å². The van der Waals surface area contributed by atoms with Crippen molar-refractivity contribution in [3.63, 3.8) is 0 Å². The number of aliphatic carboxylic acids is 1. The van der Waals surface area contributed by atoms with Crippen LogP contribution in [0.4, 0.5) is 10.5 Å². The number of carboxylic acids is 1. The Hall–Kier alpha value is -2.72. The van der Waals surface area contributed by atoms with Crippen molar-refractivity contribution < 1.29 is 14.7 Å². The van der Waals surface area contributed by atoms with Crippen LogP contribution < -0.4 is 22.1 Å². The Bertz CT molecular complexity index is 1090. The van der Waals surface area contributed by atoms with E-state index in [1.807, 2.05) is 31.3 Å². The van der Waals surface area contributed by atoms with Gasteiger partial charge in [0.05, 0.1) is 0 Å². The average Bonchev–Trinajstić information content (AvgIpc) is 2.75. The number of nitrogens with two attached hydrogens (primary N) is 2. The number of nitrogens with zero attached hydrogens (tertiary/aromatic N) is 2. The molecular weight excluding hydrogens is 515 g/mol. The van der Waals surface area contributed by atoms with Gasteiger partial charge in [0, 0.05) is 41.3 Å². The zero-order valence-corrected chi connectivity index (χ0v) is 21.5. The number of fused-ring (bicyclic) bond motifs is 1. The molecule has 0 aliphatic carbocycles. The predicted molar refractivity (Wildman–Crippen MR) is 142 cm³/mol. The van der Waals surface area contributed by atoms with E-state index in [1.54, 1.807) is 12.1 Å². The summed E-state index contributed by atoms with van der Waals surface area (Å²) in [5.74, 6) is -1.19. The lowest BCUT2D eigenvalue weighted by molar-refractivity contribution is -0.139. The number of hydrogen-bond donors (Lipinski definition) is 5. The van der Waals surface area contributed by atoms with Crippen molar-refractivity contribution >= 4 is 59.3 Å². The third kappa shape index (κ3) is 7.90. The van der Waals surface area contributed by atoms with Crippen LogP contribution >= 0.6 is 35.6 Å². The molecule has 9 nitrogen and oxygen atoms in total. The number of carbonyl (C=O) groups excluding carboxylic acids is 1. The molecule has 12 heteroatoms. The number of nitrogens with one attached hydrogen (secondary N) is 2. The maximum Gasteiger partial charge on any atom is 0.326 e. The fourth-order valence-electron chi connectivity index (χ4n) is 4.05. The van der Waals surface area contributed by atoms with Crippen LogP contribution in [-0.2, 0) is 11.3 Å². The van der Waals surface area contributed by atoms with Gasteiger partial charge in [-0.05, 0) is 60.8 Å². The van der Waals surface area contributed by atoms with Gasteiger partial charge in [-0.15, -0.1) is 12.4 Å². The summed E-state index contributed by atoms with van der Waals surface area (Å²) in [7, 11) is 2.02. The van der Waals surface area contributed by atoms with E-state index in [2.05, 4.69) is 20.5 Å². The molecule has 0 bridgehead atoms. The first-order chi connectivity index (χ1) is 16.1. The van der Waals surface area contributed by atoms with E-state index in [-0.39, 0.29) is 37.3 Å². The summed E-state index contributed by atoms with van der Waals surface area (Å²) in [5, 5.41) is 15.8. The molecule has 0 radical (unpaired) electrons. The van der Waals surface area contributed by atoms with Crippen LogP contribution in [-0.4, -0.2) is 54.1 Å². The van der Waals surface area contributed by atoms with Gasteiger partial charge in [-0.25, -0.2) is 9.59 Å². The quantitative estimate of drug-likeness (QED) is 0.195. The van der Waals surface area contributed by atoms with Gasteiger partial charge >= 0.3 is 12.0 Å². The molecule has 190 valence electrons. The Morgan fingerprint density at radius 2 is 2.00 bits per heavy atom. The highest BCUT2D eigenvalue weighted by Gasteiger charge is 2.27. The molecule has 2 amide bonds. The molecule has 0 saturated carbocycles. The molecule has 1 aliphatic rings. The molecule has 3 rings (SSSR count). The highest BCUT2D eigenvalue weighted by Crippen LogP contribution is 2.38. The smallest absolute Gasteiger partial charge is 0.326 e. The van der Waals surface area contributed by atoms with E-state index in [1.165, 1.54) is 0 Å². The zero-order chi connectivity index (χ0) is 24.8. The van der Waals surface area contributed by atoms with Crippen LogP contribution in [0.5, 0.6) is 0 Å². The highest BCUT2D eigenvalue weighted by atomic mass is 35.5. The SMILES string of the molecule is CN1Cc2c(Cl)cc(Cl)cc2C(c2cccc(NC(=O)N[C@@H](CCCN=C(N)N)C(=O)O)c2)C1.Cl. The normalized spacial score (nSPS) is 15.8. The number of carbonyl (C=O) groups is 2. The number of carboxylic acid groups (broad SMARTS) is 1. The second kappa shape index (κ2) is 12.8. The summed E-state index contributed by atoms with van der Waals surface area (Å²) in [6, 6.07) is 9.44. The summed E-state index contributed by atoms with van der Waals surface area (Å²) in [6.07, 6.45) is 0.594. The van der Waals surface area contributed by atoms with E-state index < -0.39 is 18.0 Å². The largest absolute Gasteiger partial charge is 0.480 e. The van der Waals surface area contributed by atoms with Gasteiger partial charge in [-0.3, -0.25) is 4.99 Å². The van der Waals surface area contributed by atoms with Gasteiger partial charge in [0.2, 0.25) is 0 Å². The Morgan fingerprint density at radius 3 is 2.69 bits per heavy atom. The van der Waals surface area contributed by atoms with Gasteiger partial charge in [-0.2, -0.15) is 0 Å². The van der Waals surface area contributed by atoms with Crippen molar-refractivity contribution in [2.75, 3.05) is 25.5 Å². The molecule has 7 N–H and O–H groups in total. The van der Waals surface area contributed by atoms with Crippen molar-refractivity contribution in [1.29, 1.82) is 0 Å². The first-order valence-electron chi connectivity index (χ1n) is 10.8. The van der Waals surface area contributed by atoms with Crippen molar-refractivity contribution in [2.24, 2.45) is 16.5 Å². The Labute approximate surface area is 220 Å². The molecule has 0 fully saturated rings. The number of hydrogen-bond acceptors (Lipinski definition) is 4. The minimum absolute atomic E-state index is 0. The summed E-state index contributed by atoms with van der Waals surface area (Å²) < 4.78 is 0. The van der Waals surface area contributed by atoms with Crippen molar-refractivity contribution in [3.05, 3.63) is 63.1 Å². The molecular formula is C23H29Cl3N6O3. The molecule has 0 saturated heterocycles. The summed E-state index contributed by atoms with van der Waals surface area (Å²) in [6.45, 7) is 1.76. The zero-order valence-electron chi connectivity index (χ0n) is 19.1. The van der Waals surface area contributed by atoms with Crippen LogP contribution in [0, 0.1) is 0 Å². The number of guanidine groups is 1. The van der Waals surface area contributed by atoms with Crippen molar-refractivity contribution in [3.8, 4) is 0 Å². The van der Waals surface area contributed by atoms with E-state index in [0.717, 1.165) is 29.8 Å². The van der Waals surface area contributed by atoms with E-state index >= 15 is 0 Å². The highest BCUT2D eigenvalue weighted by molar-refractivity contribution is 6.35. The Balaban J connectivity index is 0.00000432. The molecule has 2 atom stereocenters. The molecule has 0 spiro atoms. The number of urea groups is 1. The van der Waals surface area contributed by atoms with Crippen LogP contribution in [0.15, 0.2) is 41.4 Å². The van der Waals surface area contributed by atoms with Gasteiger partial charge in [0.1, 0.15) is 6.04 Å². The summed E-state index contributed by atoms with van der Waals surface area (Å²) in [5.41, 5.74) is 14.2. The number of halogens is 3. The Kier molecular flexibility index (Phi) is 10.5. The van der Waals surface area contributed by atoms with Crippen molar-refractivity contribution in [2.45, 2.75) is 31.3 Å². The Morgan fingerprint density at radius 1 is 1.26 bits per heavy atom. The molecule has 1 aliphatic heterocycles. The number of likely N-dealkylation sites (N-methyl/N-ethyl adjacent to an activating group) is 1. The lowest BCUT2D eigenvalue weighted by Gasteiger charge is -2.33. The predicted octanol–water partition coefficient (Wildman–Crippen LogP) is 3.62. The minimum Gasteiger partial charge on any atom is -0.480 e. The maximum atomic E-state index is 12.5. The van der Waals surface area contributed by atoms with E-state index in [0.29, 0.717) is 22.2 Å². The minimum atomic E-state index is -1.13. The second-order valence-electron chi connectivity index (χ2n) is 8.27. The van der Waals surface area contributed by atoms with Crippen LogP contribution in [0.25, 0.3) is 0 Å². The number of benzene rings is 2. The first-order valence-corrected chi connectivity index (χ1v) is 11.5. The van der Waals surface area contributed by atoms with E-state index in [4.69, 9.17) is 34.7 Å². The number of amides is 2. The summed E-state index contributed by atoms with van der Waals surface area (Å²) in [4.78, 5) is 30.0.